The van der Waals surface area contributed by atoms with E-state index in [1.165, 1.54) is 12.1 Å². The van der Waals surface area contributed by atoms with E-state index in [2.05, 4.69) is 4.90 Å². The number of likely N-dealkylation sites (N-methyl/N-ethyl adjacent to an activating group) is 1. The van der Waals surface area contributed by atoms with Crippen molar-refractivity contribution < 1.29 is 10.0 Å². The van der Waals surface area contributed by atoms with Crippen molar-refractivity contribution >= 4 is 5.69 Å². The molecular weight excluding hydrogens is 294 g/mol. The smallest absolute Gasteiger partial charge is 0.311 e. The molecular formula is C17H21N3O3. The van der Waals surface area contributed by atoms with Crippen molar-refractivity contribution in [2.75, 3.05) is 13.1 Å². The number of phenolic OH excluding ortho intramolecular Hbond substituents is 1. The molecule has 0 aliphatic heterocycles. The quantitative estimate of drug-likeness (QED) is 0.605. The molecule has 122 valence electrons. The largest absolute Gasteiger partial charge is 0.502 e. The highest BCUT2D eigenvalue weighted by Crippen LogP contribution is 2.31. The molecule has 0 fully saturated rings. The Labute approximate surface area is 135 Å². The summed E-state index contributed by atoms with van der Waals surface area (Å²) in [5.41, 5.74) is 7.52. The SMILES string of the molecule is CCN(Cc1ccccc1)C(CN)c1ccc(O)c([N+](=O)[O-])c1. The van der Waals surface area contributed by atoms with E-state index >= 15 is 0 Å². The Morgan fingerprint density at radius 3 is 2.52 bits per heavy atom. The number of nitro benzene ring substituents is 1. The summed E-state index contributed by atoms with van der Waals surface area (Å²) in [5, 5.41) is 20.6. The van der Waals surface area contributed by atoms with Crippen LogP contribution in [0.2, 0.25) is 0 Å². The Morgan fingerprint density at radius 1 is 1.26 bits per heavy atom. The van der Waals surface area contributed by atoms with Crippen LogP contribution in [0.3, 0.4) is 0 Å². The number of benzene rings is 2. The maximum absolute atomic E-state index is 11.0. The monoisotopic (exact) mass is 315 g/mol. The Hall–Kier alpha value is -2.44. The summed E-state index contributed by atoms with van der Waals surface area (Å²) >= 11 is 0. The minimum atomic E-state index is -0.583. The molecule has 6 heteroatoms. The summed E-state index contributed by atoms with van der Waals surface area (Å²) in [6, 6.07) is 14.3. The number of nitrogens with two attached hydrogens (primary N) is 1. The molecule has 23 heavy (non-hydrogen) atoms. The lowest BCUT2D eigenvalue weighted by molar-refractivity contribution is -0.386. The number of hydrogen-bond acceptors (Lipinski definition) is 5. The van der Waals surface area contributed by atoms with Crippen molar-refractivity contribution in [2.24, 2.45) is 5.73 Å². The van der Waals surface area contributed by atoms with Crippen LogP contribution in [0.15, 0.2) is 48.5 Å². The summed E-state index contributed by atoms with van der Waals surface area (Å²) in [6.45, 7) is 3.82. The third-order valence-electron chi connectivity index (χ3n) is 3.88. The topological polar surface area (TPSA) is 92.6 Å². The second-order valence-corrected chi connectivity index (χ2v) is 5.31. The lowest BCUT2D eigenvalue weighted by Gasteiger charge is -2.30. The first-order valence-electron chi connectivity index (χ1n) is 7.52. The molecule has 0 aliphatic carbocycles. The summed E-state index contributed by atoms with van der Waals surface area (Å²) in [4.78, 5) is 12.6. The molecule has 6 nitrogen and oxygen atoms in total. The van der Waals surface area contributed by atoms with Crippen LogP contribution in [-0.2, 0) is 6.54 Å². The van der Waals surface area contributed by atoms with E-state index in [1.807, 2.05) is 37.3 Å². The number of nitrogens with zero attached hydrogens (tertiary/aromatic N) is 2. The van der Waals surface area contributed by atoms with Crippen LogP contribution in [0.5, 0.6) is 5.75 Å². The Balaban J connectivity index is 2.29. The fourth-order valence-corrected chi connectivity index (χ4v) is 2.65. The van der Waals surface area contributed by atoms with Gasteiger partial charge in [-0.05, 0) is 23.7 Å². The van der Waals surface area contributed by atoms with Crippen LogP contribution < -0.4 is 5.73 Å². The van der Waals surface area contributed by atoms with Crippen molar-refractivity contribution in [1.29, 1.82) is 0 Å². The second kappa shape index (κ2) is 7.71. The Bertz CT molecular complexity index is 661. The van der Waals surface area contributed by atoms with Gasteiger partial charge in [-0.1, -0.05) is 43.3 Å². The number of aromatic hydroxyl groups is 1. The molecule has 0 amide bonds. The van der Waals surface area contributed by atoms with E-state index in [-0.39, 0.29) is 17.5 Å². The van der Waals surface area contributed by atoms with E-state index in [0.29, 0.717) is 13.1 Å². The minimum absolute atomic E-state index is 0.153. The predicted molar refractivity (Wildman–Crippen MR) is 89.1 cm³/mol. The molecule has 0 saturated carbocycles. The van der Waals surface area contributed by atoms with Crippen LogP contribution in [0.25, 0.3) is 0 Å². The maximum atomic E-state index is 11.0. The number of nitro groups is 1. The molecule has 0 heterocycles. The molecule has 2 aromatic carbocycles. The highest BCUT2D eigenvalue weighted by atomic mass is 16.6. The normalized spacial score (nSPS) is 12.3. The van der Waals surface area contributed by atoms with Gasteiger partial charge in [-0.25, -0.2) is 0 Å². The average Bonchev–Trinajstić information content (AvgIpc) is 2.56. The maximum Gasteiger partial charge on any atom is 0.311 e. The first kappa shape index (κ1) is 16.9. The fraction of sp³-hybridized carbons (Fsp3) is 0.294. The van der Waals surface area contributed by atoms with Crippen LogP contribution >= 0.6 is 0 Å². The van der Waals surface area contributed by atoms with Gasteiger partial charge in [-0.3, -0.25) is 15.0 Å². The predicted octanol–water partition coefficient (Wildman–Crippen LogP) is 2.82. The van der Waals surface area contributed by atoms with Crippen molar-refractivity contribution in [1.82, 2.24) is 4.90 Å². The first-order chi connectivity index (χ1) is 11.1. The highest BCUT2D eigenvalue weighted by Gasteiger charge is 2.22. The fourth-order valence-electron chi connectivity index (χ4n) is 2.65. The van der Waals surface area contributed by atoms with Crippen molar-refractivity contribution in [3.8, 4) is 5.75 Å². The molecule has 0 radical (unpaired) electrons. The van der Waals surface area contributed by atoms with Gasteiger partial charge in [0.15, 0.2) is 5.75 Å². The van der Waals surface area contributed by atoms with Gasteiger partial charge in [0.25, 0.3) is 0 Å². The van der Waals surface area contributed by atoms with Gasteiger partial charge >= 0.3 is 5.69 Å². The van der Waals surface area contributed by atoms with Crippen LogP contribution in [-0.4, -0.2) is 28.0 Å². The van der Waals surface area contributed by atoms with Crippen LogP contribution in [0.4, 0.5) is 5.69 Å². The third-order valence-corrected chi connectivity index (χ3v) is 3.88. The van der Waals surface area contributed by atoms with Crippen molar-refractivity contribution in [3.63, 3.8) is 0 Å². The first-order valence-corrected chi connectivity index (χ1v) is 7.52. The standard InChI is InChI=1S/C17H21N3O3/c1-2-19(12-13-6-4-3-5-7-13)16(11-18)14-8-9-17(21)15(10-14)20(22)23/h3-10,16,21H,2,11-12,18H2,1H3. The van der Waals surface area contributed by atoms with Crippen LogP contribution in [0, 0.1) is 10.1 Å². The molecule has 0 aromatic heterocycles. The summed E-state index contributed by atoms with van der Waals surface area (Å²) in [6.07, 6.45) is 0. The van der Waals surface area contributed by atoms with Gasteiger partial charge in [0.2, 0.25) is 0 Å². The zero-order chi connectivity index (χ0) is 16.8. The molecule has 0 bridgehead atoms. The lowest BCUT2D eigenvalue weighted by atomic mass is 10.0. The molecule has 2 aromatic rings. The molecule has 0 aliphatic rings. The van der Waals surface area contributed by atoms with E-state index in [4.69, 9.17) is 5.73 Å². The second-order valence-electron chi connectivity index (χ2n) is 5.31. The third kappa shape index (κ3) is 4.06. The van der Waals surface area contributed by atoms with E-state index in [9.17, 15) is 15.2 Å². The van der Waals surface area contributed by atoms with Gasteiger partial charge < -0.3 is 10.8 Å². The lowest BCUT2D eigenvalue weighted by Crippen LogP contribution is -2.33. The molecule has 1 unspecified atom stereocenters. The number of hydrogen-bond donors (Lipinski definition) is 2. The Morgan fingerprint density at radius 2 is 1.96 bits per heavy atom. The van der Waals surface area contributed by atoms with E-state index < -0.39 is 4.92 Å². The van der Waals surface area contributed by atoms with Gasteiger partial charge in [0.05, 0.1) is 4.92 Å². The zero-order valence-corrected chi connectivity index (χ0v) is 13.1. The van der Waals surface area contributed by atoms with Crippen LogP contribution in [0.1, 0.15) is 24.1 Å². The Kier molecular flexibility index (Phi) is 5.67. The summed E-state index contributed by atoms with van der Waals surface area (Å²) in [7, 11) is 0. The van der Waals surface area contributed by atoms with Gasteiger partial charge in [0.1, 0.15) is 0 Å². The van der Waals surface area contributed by atoms with Gasteiger partial charge in [-0.15, -0.1) is 0 Å². The molecule has 1 atom stereocenters. The summed E-state index contributed by atoms with van der Waals surface area (Å²) in [5.74, 6) is -0.333. The molecule has 2 rings (SSSR count). The average molecular weight is 315 g/mol. The number of rotatable bonds is 7. The van der Waals surface area contributed by atoms with Crippen molar-refractivity contribution in [3.05, 3.63) is 69.8 Å². The van der Waals surface area contributed by atoms with E-state index in [1.54, 1.807) is 6.07 Å². The summed E-state index contributed by atoms with van der Waals surface area (Å²) < 4.78 is 0. The highest BCUT2D eigenvalue weighted by molar-refractivity contribution is 5.48. The minimum Gasteiger partial charge on any atom is -0.502 e. The number of phenols is 1. The van der Waals surface area contributed by atoms with Gasteiger partial charge in [0, 0.05) is 25.2 Å². The molecule has 3 N–H and O–H groups in total. The zero-order valence-electron chi connectivity index (χ0n) is 13.1. The van der Waals surface area contributed by atoms with Crippen molar-refractivity contribution in [2.45, 2.75) is 19.5 Å². The molecule has 0 saturated heterocycles. The van der Waals surface area contributed by atoms with Gasteiger partial charge in [-0.2, -0.15) is 0 Å². The van der Waals surface area contributed by atoms with E-state index in [0.717, 1.165) is 17.7 Å². The molecule has 0 spiro atoms.